The largest absolute Gasteiger partial charge is 0.481 e. The number of carbonyl (C=O) groups is 2. The van der Waals surface area contributed by atoms with Gasteiger partial charge in [0.1, 0.15) is 0 Å². The molecule has 4 nitrogen and oxygen atoms in total. The number of rotatable bonds is 6. The Morgan fingerprint density at radius 2 is 1.85 bits per heavy atom. The van der Waals surface area contributed by atoms with E-state index in [1.54, 1.807) is 0 Å². The third-order valence-corrected chi connectivity index (χ3v) is 5.33. The summed E-state index contributed by atoms with van der Waals surface area (Å²) < 4.78 is 0. The van der Waals surface area contributed by atoms with Crippen molar-refractivity contribution in [2.24, 2.45) is 17.3 Å². The summed E-state index contributed by atoms with van der Waals surface area (Å²) in [5, 5.41) is 12.1. The Labute approximate surface area is 121 Å². The van der Waals surface area contributed by atoms with Crippen LogP contribution in [-0.4, -0.2) is 23.5 Å². The predicted octanol–water partition coefficient (Wildman–Crippen LogP) is 2.96. The highest BCUT2D eigenvalue weighted by molar-refractivity contribution is 5.78. The van der Waals surface area contributed by atoms with Crippen LogP contribution in [0.3, 0.4) is 0 Å². The summed E-state index contributed by atoms with van der Waals surface area (Å²) in [7, 11) is 0. The fourth-order valence-corrected chi connectivity index (χ4v) is 4.04. The van der Waals surface area contributed by atoms with E-state index in [-0.39, 0.29) is 17.7 Å². The summed E-state index contributed by atoms with van der Waals surface area (Å²) in [5.74, 6) is 0.587. The van der Waals surface area contributed by atoms with Gasteiger partial charge >= 0.3 is 5.97 Å². The lowest BCUT2D eigenvalue weighted by Gasteiger charge is -2.27. The molecule has 2 aliphatic carbocycles. The van der Waals surface area contributed by atoms with Gasteiger partial charge in [0.05, 0.1) is 6.42 Å². The third-order valence-electron chi connectivity index (χ3n) is 5.33. The number of aliphatic carboxylic acids is 1. The average molecular weight is 281 g/mol. The van der Waals surface area contributed by atoms with E-state index in [2.05, 4.69) is 12.2 Å². The van der Waals surface area contributed by atoms with Gasteiger partial charge in [-0.1, -0.05) is 32.6 Å². The van der Waals surface area contributed by atoms with Gasteiger partial charge in [-0.15, -0.1) is 0 Å². The quantitative estimate of drug-likeness (QED) is 0.786. The van der Waals surface area contributed by atoms with Crippen molar-refractivity contribution in [2.75, 3.05) is 6.54 Å². The van der Waals surface area contributed by atoms with Crippen LogP contribution >= 0.6 is 0 Å². The molecule has 0 aromatic carbocycles. The van der Waals surface area contributed by atoms with Gasteiger partial charge in [-0.2, -0.15) is 0 Å². The lowest BCUT2D eigenvalue weighted by Crippen LogP contribution is -2.35. The number of hydrogen-bond donors (Lipinski definition) is 2. The predicted molar refractivity (Wildman–Crippen MR) is 77.3 cm³/mol. The summed E-state index contributed by atoms with van der Waals surface area (Å²) in [5.41, 5.74) is -0.281. The smallest absolute Gasteiger partial charge is 0.303 e. The topological polar surface area (TPSA) is 66.4 Å². The number of nitrogens with one attached hydrogen (secondary N) is 1. The SMILES string of the molecule is CC1CCCC1CNC(=O)CC1(CC(=O)O)CCCC1. The normalized spacial score (nSPS) is 28.4. The molecule has 0 bridgehead atoms. The highest BCUT2D eigenvalue weighted by atomic mass is 16.4. The van der Waals surface area contributed by atoms with Gasteiger partial charge in [0.2, 0.25) is 5.91 Å². The Hall–Kier alpha value is -1.06. The zero-order valence-electron chi connectivity index (χ0n) is 12.5. The number of hydrogen-bond acceptors (Lipinski definition) is 2. The van der Waals surface area contributed by atoms with E-state index in [1.807, 2.05) is 0 Å². The molecule has 2 unspecified atom stereocenters. The first kappa shape index (κ1) is 15.3. The Kier molecular flexibility index (Phi) is 5.06. The second-order valence-electron chi connectivity index (χ2n) is 6.93. The van der Waals surface area contributed by atoms with Crippen LogP contribution in [0.25, 0.3) is 0 Å². The molecular weight excluding hydrogens is 254 g/mol. The van der Waals surface area contributed by atoms with Gasteiger partial charge in [0, 0.05) is 13.0 Å². The Morgan fingerprint density at radius 1 is 1.15 bits per heavy atom. The van der Waals surface area contributed by atoms with E-state index < -0.39 is 5.97 Å². The molecule has 0 aromatic rings. The lowest BCUT2D eigenvalue weighted by molar-refractivity contribution is -0.140. The maximum absolute atomic E-state index is 12.1. The Morgan fingerprint density at radius 3 is 2.40 bits per heavy atom. The lowest BCUT2D eigenvalue weighted by atomic mass is 9.79. The molecule has 0 saturated heterocycles. The van der Waals surface area contributed by atoms with E-state index in [1.165, 1.54) is 19.3 Å². The minimum absolute atomic E-state index is 0.0484. The molecule has 0 aliphatic heterocycles. The van der Waals surface area contributed by atoms with E-state index in [4.69, 9.17) is 5.11 Å². The molecule has 0 heterocycles. The van der Waals surface area contributed by atoms with Crippen LogP contribution in [0.15, 0.2) is 0 Å². The van der Waals surface area contributed by atoms with Crippen LogP contribution < -0.4 is 5.32 Å². The van der Waals surface area contributed by atoms with Crippen LogP contribution in [0.1, 0.15) is 64.7 Å². The summed E-state index contributed by atoms with van der Waals surface area (Å²) in [6, 6.07) is 0. The summed E-state index contributed by atoms with van der Waals surface area (Å²) in [6.07, 6.45) is 8.15. The first-order chi connectivity index (χ1) is 9.51. The molecule has 2 rings (SSSR count). The van der Waals surface area contributed by atoms with Gasteiger partial charge in [0.25, 0.3) is 0 Å². The third kappa shape index (κ3) is 3.97. The number of carboxylic acid groups (broad SMARTS) is 1. The molecule has 2 aliphatic rings. The van der Waals surface area contributed by atoms with Crippen molar-refractivity contribution in [3.05, 3.63) is 0 Å². The highest BCUT2D eigenvalue weighted by Gasteiger charge is 2.38. The van der Waals surface area contributed by atoms with Crippen molar-refractivity contribution in [3.8, 4) is 0 Å². The van der Waals surface area contributed by atoms with Gasteiger partial charge in [0.15, 0.2) is 0 Å². The first-order valence-electron chi connectivity index (χ1n) is 7.99. The summed E-state index contributed by atoms with van der Waals surface area (Å²) in [4.78, 5) is 23.2. The fourth-order valence-electron chi connectivity index (χ4n) is 4.04. The van der Waals surface area contributed by atoms with Crippen molar-refractivity contribution in [3.63, 3.8) is 0 Å². The fraction of sp³-hybridized carbons (Fsp3) is 0.875. The van der Waals surface area contributed by atoms with Gasteiger partial charge in [-0.3, -0.25) is 9.59 Å². The highest BCUT2D eigenvalue weighted by Crippen LogP contribution is 2.44. The van der Waals surface area contributed by atoms with Crippen LogP contribution in [0.4, 0.5) is 0 Å². The van der Waals surface area contributed by atoms with E-state index >= 15 is 0 Å². The summed E-state index contributed by atoms with van der Waals surface area (Å²) in [6.45, 7) is 3.02. The maximum atomic E-state index is 12.1. The average Bonchev–Trinajstić information content (AvgIpc) is 2.96. The molecule has 2 saturated carbocycles. The van der Waals surface area contributed by atoms with Crippen molar-refractivity contribution in [1.29, 1.82) is 0 Å². The minimum atomic E-state index is -0.774. The second kappa shape index (κ2) is 6.59. The van der Waals surface area contributed by atoms with Crippen molar-refractivity contribution < 1.29 is 14.7 Å². The molecule has 2 atom stereocenters. The molecule has 2 N–H and O–H groups in total. The van der Waals surface area contributed by atoms with Crippen molar-refractivity contribution in [1.82, 2.24) is 5.32 Å². The molecule has 0 spiro atoms. The maximum Gasteiger partial charge on any atom is 0.303 e. The molecule has 0 radical (unpaired) electrons. The Bertz CT molecular complexity index is 361. The van der Waals surface area contributed by atoms with Crippen molar-refractivity contribution >= 4 is 11.9 Å². The van der Waals surface area contributed by atoms with Crippen LogP contribution in [0.5, 0.6) is 0 Å². The van der Waals surface area contributed by atoms with Crippen LogP contribution in [0.2, 0.25) is 0 Å². The van der Waals surface area contributed by atoms with E-state index in [9.17, 15) is 9.59 Å². The zero-order valence-corrected chi connectivity index (χ0v) is 12.5. The molecule has 2 fully saturated rings. The monoisotopic (exact) mass is 281 g/mol. The molecule has 20 heavy (non-hydrogen) atoms. The number of amides is 1. The number of carbonyl (C=O) groups excluding carboxylic acids is 1. The zero-order chi connectivity index (χ0) is 14.6. The van der Waals surface area contributed by atoms with E-state index in [0.29, 0.717) is 18.3 Å². The van der Waals surface area contributed by atoms with Gasteiger partial charge in [-0.05, 0) is 36.5 Å². The van der Waals surface area contributed by atoms with Gasteiger partial charge < -0.3 is 10.4 Å². The standard InChI is InChI=1S/C16H27NO3/c1-12-5-4-6-13(12)11-17-14(18)9-16(10-15(19)20)7-2-3-8-16/h12-13H,2-11H2,1H3,(H,17,18)(H,19,20). The van der Waals surface area contributed by atoms with Gasteiger partial charge in [-0.25, -0.2) is 0 Å². The summed E-state index contributed by atoms with van der Waals surface area (Å²) >= 11 is 0. The molecule has 114 valence electrons. The van der Waals surface area contributed by atoms with Crippen LogP contribution in [-0.2, 0) is 9.59 Å². The molecule has 1 amide bonds. The number of carboxylic acids is 1. The van der Waals surface area contributed by atoms with E-state index in [0.717, 1.165) is 32.2 Å². The molecular formula is C16H27NO3. The first-order valence-corrected chi connectivity index (χ1v) is 7.99. The molecule has 4 heteroatoms. The Balaban J connectivity index is 1.81. The van der Waals surface area contributed by atoms with Crippen LogP contribution in [0, 0.1) is 17.3 Å². The van der Waals surface area contributed by atoms with Crippen molar-refractivity contribution in [2.45, 2.75) is 64.7 Å². The molecule has 0 aromatic heterocycles. The second-order valence-corrected chi connectivity index (χ2v) is 6.93. The minimum Gasteiger partial charge on any atom is -0.481 e.